The average molecular weight is 459 g/mol. The van der Waals surface area contributed by atoms with E-state index in [4.69, 9.17) is 21.1 Å². The lowest BCUT2D eigenvalue weighted by Gasteiger charge is -2.14. The maximum atomic E-state index is 13.9. The Morgan fingerprint density at radius 3 is 2.56 bits per heavy atom. The quantitative estimate of drug-likeness (QED) is 0.350. The van der Waals surface area contributed by atoms with Crippen molar-refractivity contribution < 1.29 is 23.0 Å². The first-order valence-electron chi connectivity index (χ1n) is 9.85. The maximum Gasteiger partial charge on any atom is 0.244 e. The Hall–Kier alpha value is -3.45. The molecule has 0 spiro atoms. The number of nitrogens with one attached hydrogen (secondary N) is 1. The highest BCUT2D eigenvalue weighted by Gasteiger charge is 2.13. The molecule has 1 amide bonds. The van der Waals surface area contributed by atoms with E-state index in [-0.39, 0.29) is 41.3 Å². The van der Waals surface area contributed by atoms with Gasteiger partial charge in [0.05, 0.1) is 24.3 Å². The van der Waals surface area contributed by atoms with Gasteiger partial charge < -0.3 is 9.47 Å². The monoisotopic (exact) mass is 458 g/mol. The van der Waals surface area contributed by atoms with Crippen molar-refractivity contribution in [3.8, 4) is 11.5 Å². The second kappa shape index (κ2) is 11.2. The SMILES string of the molecule is CCOc1cc(/C=N/NC(=O)Cc2ccc(F)cc2)cc(Cl)c1OCc1ccccc1F. The first-order chi connectivity index (χ1) is 15.5. The first kappa shape index (κ1) is 23.2. The van der Waals surface area contributed by atoms with Gasteiger partial charge in [-0.2, -0.15) is 5.10 Å². The molecule has 0 radical (unpaired) electrons. The highest BCUT2D eigenvalue weighted by Crippen LogP contribution is 2.37. The smallest absolute Gasteiger partial charge is 0.244 e. The number of carbonyl (C=O) groups excluding carboxylic acids is 1. The van der Waals surface area contributed by atoms with Crippen molar-refractivity contribution in [2.75, 3.05) is 6.61 Å². The predicted molar refractivity (Wildman–Crippen MR) is 119 cm³/mol. The van der Waals surface area contributed by atoms with Gasteiger partial charge in [0.15, 0.2) is 11.5 Å². The summed E-state index contributed by atoms with van der Waals surface area (Å²) >= 11 is 6.36. The molecular formula is C24H21ClF2N2O3. The molecule has 8 heteroatoms. The van der Waals surface area contributed by atoms with Crippen LogP contribution in [0.3, 0.4) is 0 Å². The van der Waals surface area contributed by atoms with E-state index in [1.807, 2.05) is 6.92 Å². The molecule has 0 saturated heterocycles. The van der Waals surface area contributed by atoms with Crippen LogP contribution in [-0.2, 0) is 17.8 Å². The van der Waals surface area contributed by atoms with Gasteiger partial charge in [-0.25, -0.2) is 14.2 Å². The molecular weight excluding hydrogens is 438 g/mol. The Labute approximate surface area is 189 Å². The van der Waals surface area contributed by atoms with Crippen molar-refractivity contribution in [1.82, 2.24) is 5.43 Å². The molecule has 0 atom stereocenters. The molecule has 3 aromatic rings. The summed E-state index contributed by atoms with van der Waals surface area (Å²) in [5.74, 6) is -0.435. The third-order valence-electron chi connectivity index (χ3n) is 4.34. The number of ether oxygens (including phenoxy) is 2. The third kappa shape index (κ3) is 6.52. The average Bonchev–Trinajstić information content (AvgIpc) is 2.76. The Morgan fingerprint density at radius 1 is 1.09 bits per heavy atom. The number of hydrogen-bond acceptors (Lipinski definition) is 4. The van der Waals surface area contributed by atoms with E-state index in [1.54, 1.807) is 30.3 Å². The summed E-state index contributed by atoms with van der Waals surface area (Å²) in [6, 6.07) is 15.2. The topological polar surface area (TPSA) is 59.9 Å². The van der Waals surface area contributed by atoms with Crippen LogP contribution in [0.15, 0.2) is 65.8 Å². The molecule has 0 saturated carbocycles. The minimum Gasteiger partial charge on any atom is -0.490 e. The number of carbonyl (C=O) groups is 1. The van der Waals surface area contributed by atoms with Crippen molar-refractivity contribution in [1.29, 1.82) is 0 Å². The number of benzene rings is 3. The van der Waals surface area contributed by atoms with Crippen molar-refractivity contribution >= 4 is 23.7 Å². The minimum atomic E-state index is -0.373. The molecule has 0 aromatic heterocycles. The van der Waals surface area contributed by atoms with E-state index >= 15 is 0 Å². The summed E-state index contributed by atoms with van der Waals surface area (Å²) < 4.78 is 38.1. The largest absolute Gasteiger partial charge is 0.490 e. The fourth-order valence-corrected chi connectivity index (χ4v) is 3.11. The summed E-state index contributed by atoms with van der Waals surface area (Å²) in [4.78, 5) is 12.0. The highest BCUT2D eigenvalue weighted by molar-refractivity contribution is 6.32. The third-order valence-corrected chi connectivity index (χ3v) is 4.62. The molecule has 0 bridgehead atoms. The maximum absolute atomic E-state index is 13.9. The molecule has 0 aliphatic heterocycles. The van der Waals surface area contributed by atoms with Crippen molar-refractivity contribution in [3.05, 3.63) is 94.0 Å². The summed E-state index contributed by atoms with van der Waals surface area (Å²) in [6.07, 6.45) is 1.48. The van der Waals surface area contributed by atoms with E-state index in [0.717, 1.165) is 0 Å². The number of rotatable bonds is 9. The van der Waals surface area contributed by atoms with Crippen LogP contribution in [0, 0.1) is 11.6 Å². The van der Waals surface area contributed by atoms with Gasteiger partial charge in [-0.05, 0) is 48.4 Å². The molecule has 0 aliphatic carbocycles. The molecule has 0 aliphatic rings. The van der Waals surface area contributed by atoms with Gasteiger partial charge in [0, 0.05) is 5.56 Å². The van der Waals surface area contributed by atoms with E-state index in [0.29, 0.717) is 29.0 Å². The normalized spacial score (nSPS) is 10.9. The second-order valence-electron chi connectivity index (χ2n) is 6.74. The Balaban J connectivity index is 1.67. The van der Waals surface area contributed by atoms with Crippen LogP contribution in [0.25, 0.3) is 0 Å². The van der Waals surface area contributed by atoms with Crippen LogP contribution >= 0.6 is 11.6 Å². The molecule has 0 fully saturated rings. The van der Waals surface area contributed by atoms with Gasteiger partial charge in [0.25, 0.3) is 0 Å². The minimum absolute atomic E-state index is 0.0145. The predicted octanol–water partition coefficient (Wildman–Crippen LogP) is 5.29. The van der Waals surface area contributed by atoms with E-state index in [1.165, 1.54) is 36.5 Å². The van der Waals surface area contributed by atoms with Gasteiger partial charge in [-0.15, -0.1) is 0 Å². The summed E-state index contributed by atoms with van der Waals surface area (Å²) in [5.41, 5.74) is 4.03. The Bertz CT molecular complexity index is 1100. The number of hydrogen-bond donors (Lipinski definition) is 1. The number of nitrogens with zero attached hydrogens (tertiary/aromatic N) is 1. The zero-order valence-electron chi connectivity index (χ0n) is 17.3. The molecule has 3 aromatic carbocycles. The lowest BCUT2D eigenvalue weighted by Crippen LogP contribution is -2.19. The van der Waals surface area contributed by atoms with Crippen LogP contribution in [0.4, 0.5) is 8.78 Å². The summed E-state index contributed by atoms with van der Waals surface area (Å²) in [5, 5.41) is 4.19. The fourth-order valence-electron chi connectivity index (χ4n) is 2.84. The van der Waals surface area contributed by atoms with Crippen LogP contribution in [0.5, 0.6) is 11.5 Å². The summed E-state index contributed by atoms with van der Waals surface area (Å²) in [7, 11) is 0. The standard InChI is InChI=1S/C24H21ClF2N2O3/c1-2-31-22-12-17(14-28-29-23(30)13-16-7-9-19(26)10-8-16)11-20(25)24(22)32-15-18-5-3-4-6-21(18)27/h3-12,14H,2,13,15H2,1H3,(H,29,30)/b28-14+. The lowest BCUT2D eigenvalue weighted by atomic mass is 10.1. The van der Waals surface area contributed by atoms with Crippen LogP contribution in [0.1, 0.15) is 23.6 Å². The molecule has 32 heavy (non-hydrogen) atoms. The molecule has 0 heterocycles. The number of halogens is 3. The van der Waals surface area contributed by atoms with Crippen LogP contribution < -0.4 is 14.9 Å². The summed E-state index contributed by atoms with van der Waals surface area (Å²) in [6.45, 7) is 2.16. The van der Waals surface area contributed by atoms with E-state index in [9.17, 15) is 13.6 Å². The first-order valence-corrected chi connectivity index (χ1v) is 10.2. The van der Waals surface area contributed by atoms with E-state index < -0.39 is 0 Å². The highest BCUT2D eigenvalue weighted by atomic mass is 35.5. The molecule has 0 unspecified atom stereocenters. The fraction of sp³-hybridized carbons (Fsp3) is 0.167. The second-order valence-corrected chi connectivity index (χ2v) is 7.15. The van der Waals surface area contributed by atoms with Gasteiger partial charge in [-0.1, -0.05) is 41.9 Å². The zero-order chi connectivity index (χ0) is 22.9. The van der Waals surface area contributed by atoms with Gasteiger partial charge >= 0.3 is 0 Å². The molecule has 3 rings (SSSR count). The van der Waals surface area contributed by atoms with E-state index in [2.05, 4.69) is 10.5 Å². The van der Waals surface area contributed by atoms with Crippen molar-refractivity contribution in [2.45, 2.75) is 20.0 Å². The van der Waals surface area contributed by atoms with Crippen LogP contribution in [0.2, 0.25) is 5.02 Å². The zero-order valence-corrected chi connectivity index (χ0v) is 18.0. The van der Waals surface area contributed by atoms with Crippen LogP contribution in [-0.4, -0.2) is 18.7 Å². The van der Waals surface area contributed by atoms with Crippen molar-refractivity contribution in [2.24, 2.45) is 5.10 Å². The Morgan fingerprint density at radius 2 is 1.84 bits per heavy atom. The number of amides is 1. The van der Waals surface area contributed by atoms with Gasteiger partial charge in [0.2, 0.25) is 5.91 Å². The molecule has 1 N–H and O–H groups in total. The van der Waals surface area contributed by atoms with Crippen molar-refractivity contribution in [3.63, 3.8) is 0 Å². The lowest BCUT2D eigenvalue weighted by molar-refractivity contribution is -0.120. The molecule has 166 valence electrons. The van der Waals surface area contributed by atoms with Gasteiger partial charge in [-0.3, -0.25) is 4.79 Å². The Kier molecular flexibility index (Phi) is 8.16. The molecule has 5 nitrogen and oxygen atoms in total. The van der Waals surface area contributed by atoms with Gasteiger partial charge in [0.1, 0.15) is 18.2 Å². The number of hydrazone groups is 1.